The molecule has 0 aromatic carbocycles. The van der Waals surface area contributed by atoms with Crippen LogP contribution < -0.4 is 16.5 Å². The molecule has 3 heterocycles. The van der Waals surface area contributed by atoms with Crippen LogP contribution in [0.15, 0.2) is 28.2 Å². The fourth-order valence-corrected chi connectivity index (χ4v) is 3.15. The van der Waals surface area contributed by atoms with Gasteiger partial charge in [-0.2, -0.15) is 5.26 Å². The Balaban J connectivity index is 1.84. The highest BCUT2D eigenvalue weighted by atomic mass is 16.1. The van der Waals surface area contributed by atoms with Gasteiger partial charge in [0.05, 0.1) is 23.0 Å². The van der Waals surface area contributed by atoms with Crippen molar-refractivity contribution in [2.75, 3.05) is 0 Å². The van der Waals surface area contributed by atoms with Crippen LogP contribution in [0, 0.1) is 17.2 Å². The minimum atomic E-state index is -0.159. The second kappa shape index (κ2) is 5.20. The molecule has 1 saturated carbocycles. The van der Waals surface area contributed by atoms with Gasteiger partial charge in [0.15, 0.2) is 5.49 Å². The smallest absolute Gasteiger partial charge is 0.290 e. The molecule has 2 aromatic rings. The van der Waals surface area contributed by atoms with E-state index in [1.54, 1.807) is 30.1 Å². The fourth-order valence-electron chi connectivity index (χ4n) is 3.15. The van der Waals surface area contributed by atoms with Crippen LogP contribution in [0.25, 0.3) is 6.08 Å². The van der Waals surface area contributed by atoms with Gasteiger partial charge < -0.3 is 0 Å². The van der Waals surface area contributed by atoms with Crippen LogP contribution in [0.2, 0.25) is 0 Å². The Kier molecular flexibility index (Phi) is 3.15. The van der Waals surface area contributed by atoms with E-state index >= 15 is 0 Å². The van der Waals surface area contributed by atoms with Crippen LogP contribution in [0.5, 0.6) is 0 Å². The van der Waals surface area contributed by atoms with Crippen molar-refractivity contribution in [3.63, 3.8) is 0 Å². The van der Waals surface area contributed by atoms with E-state index < -0.39 is 0 Å². The largest absolute Gasteiger partial charge is 0.330 e. The van der Waals surface area contributed by atoms with Gasteiger partial charge in [0, 0.05) is 31.5 Å². The molecule has 1 atom stereocenters. The van der Waals surface area contributed by atoms with Gasteiger partial charge in [-0.25, -0.2) is 4.79 Å². The van der Waals surface area contributed by atoms with Gasteiger partial charge in [0.1, 0.15) is 0 Å². The standard InChI is InChI=1S/C17H17N5O/c1-21-16-15(22(17(21)23)10-11-2-3-11)5-4-14(20-16)13-9-19-7-6-12(13)8-18/h5-7,9,11,14H,2-4,10H2,1H3. The summed E-state index contributed by atoms with van der Waals surface area (Å²) in [5, 5.41) is 10.2. The lowest BCUT2D eigenvalue weighted by Gasteiger charge is -2.14. The van der Waals surface area contributed by atoms with E-state index in [1.807, 2.05) is 4.57 Å². The maximum atomic E-state index is 12.5. The number of nitriles is 1. The summed E-state index contributed by atoms with van der Waals surface area (Å²) in [6, 6.07) is 3.74. The van der Waals surface area contributed by atoms with Crippen molar-refractivity contribution in [2.45, 2.75) is 31.8 Å². The molecule has 0 spiro atoms. The van der Waals surface area contributed by atoms with E-state index in [-0.39, 0.29) is 11.7 Å². The van der Waals surface area contributed by atoms with Gasteiger partial charge in [-0.15, -0.1) is 0 Å². The molecule has 1 aliphatic carbocycles. The van der Waals surface area contributed by atoms with Crippen LogP contribution in [0.4, 0.5) is 0 Å². The van der Waals surface area contributed by atoms with Gasteiger partial charge in [-0.3, -0.25) is 19.1 Å². The third-order valence-electron chi connectivity index (χ3n) is 4.64. The van der Waals surface area contributed by atoms with E-state index in [9.17, 15) is 10.1 Å². The first-order chi connectivity index (χ1) is 11.2. The summed E-state index contributed by atoms with van der Waals surface area (Å²) in [6.07, 6.45) is 8.48. The maximum absolute atomic E-state index is 12.5. The zero-order valence-corrected chi connectivity index (χ0v) is 12.9. The minimum absolute atomic E-state index is 0.00533. The van der Waals surface area contributed by atoms with Crippen LogP contribution in [-0.4, -0.2) is 14.1 Å². The fraction of sp³-hybridized carbons (Fsp3) is 0.412. The first-order valence-corrected chi connectivity index (χ1v) is 7.86. The average molecular weight is 307 g/mol. The molecule has 6 heteroatoms. The molecule has 4 rings (SSSR count). The molecule has 1 unspecified atom stereocenters. The normalized spacial score (nSPS) is 19.4. The molecule has 0 amide bonds. The van der Waals surface area contributed by atoms with Crippen LogP contribution in [-0.2, 0) is 13.6 Å². The zero-order chi connectivity index (χ0) is 16.0. The molecule has 0 saturated heterocycles. The maximum Gasteiger partial charge on any atom is 0.330 e. The number of pyridine rings is 1. The summed E-state index contributed by atoms with van der Waals surface area (Å²) in [6.45, 7) is 0.787. The molecule has 23 heavy (non-hydrogen) atoms. The van der Waals surface area contributed by atoms with Crippen molar-refractivity contribution in [3.05, 3.63) is 50.9 Å². The molecule has 0 radical (unpaired) electrons. The molecule has 6 nitrogen and oxygen atoms in total. The van der Waals surface area contributed by atoms with Crippen LogP contribution in [0.1, 0.15) is 36.4 Å². The number of imidazole rings is 1. The summed E-state index contributed by atoms with van der Waals surface area (Å²) < 4.78 is 3.46. The summed E-state index contributed by atoms with van der Waals surface area (Å²) in [5.41, 5.74) is 2.11. The van der Waals surface area contributed by atoms with Crippen molar-refractivity contribution in [1.82, 2.24) is 14.1 Å². The second-order valence-electron chi connectivity index (χ2n) is 6.26. The predicted molar refractivity (Wildman–Crippen MR) is 84.0 cm³/mol. The molecule has 2 aliphatic rings. The van der Waals surface area contributed by atoms with Crippen molar-refractivity contribution < 1.29 is 0 Å². The first kappa shape index (κ1) is 13.9. The van der Waals surface area contributed by atoms with Crippen molar-refractivity contribution >= 4 is 6.08 Å². The SMILES string of the molecule is Cn1c2c(n(CC3CC3)c1=O)=CCC(c1cnccc1C#N)N=2. The van der Waals surface area contributed by atoms with E-state index in [2.05, 4.69) is 17.1 Å². The Hall–Kier alpha value is -2.68. The Morgan fingerprint density at radius 2 is 2.26 bits per heavy atom. The third kappa shape index (κ3) is 2.29. The number of hydrogen-bond donors (Lipinski definition) is 0. The molecule has 116 valence electrons. The molecular formula is C17H17N5O. The second-order valence-corrected chi connectivity index (χ2v) is 6.26. The highest BCUT2D eigenvalue weighted by molar-refractivity contribution is 5.39. The monoisotopic (exact) mass is 307 g/mol. The molecule has 1 aliphatic heterocycles. The summed E-state index contributed by atoms with van der Waals surface area (Å²) in [5.74, 6) is 0.633. The average Bonchev–Trinajstić information content (AvgIpc) is 3.38. The van der Waals surface area contributed by atoms with E-state index in [0.717, 1.165) is 17.5 Å². The lowest BCUT2D eigenvalue weighted by atomic mass is 10.0. The zero-order valence-electron chi connectivity index (χ0n) is 12.9. The van der Waals surface area contributed by atoms with Crippen molar-refractivity contribution in [3.8, 4) is 6.07 Å². The quantitative estimate of drug-likeness (QED) is 0.824. The van der Waals surface area contributed by atoms with E-state index in [4.69, 9.17) is 4.99 Å². The topological polar surface area (TPSA) is 76.0 Å². The molecule has 0 bridgehead atoms. The number of nitrogens with zero attached hydrogens (tertiary/aromatic N) is 5. The van der Waals surface area contributed by atoms with E-state index in [1.165, 1.54) is 12.8 Å². The van der Waals surface area contributed by atoms with Gasteiger partial charge in [-0.05, 0) is 31.2 Å². The van der Waals surface area contributed by atoms with Gasteiger partial charge in [0.2, 0.25) is 0 Å². The summed E-state index contributed by atoms with van der Waals surface area (Å²) in [7, 11) is 1.76. The Bertz CT molecular complexity index is 987. The third-order valence-corrected chi connectivity index (χ3v) is 4.64. The number of fused-ring (bicyclic) bond motifs is 1. The molecular weight excluding hydrogens is 290 g/mol. The Morgan fingerprint density at radius 1 is 1.43 bits per heavy atom. The lowest BCUT2D eigenvalue weighted by Crippen LogP contribution is -2.36. The number of hydrogen-bond acceptors (Lipinski definition) is 4. The minimum Gasteiger partial charge on any atom is -0.290 e. The highest BCUT2D eigenvalue weighted by Gasteiger charge is 2.25. The molecule has 1 fully saturated rings. The summed E-state index contributed by atoms with van der Waals surface area (Å²) in [4.78, 5) is 21.3. The van der Waals surface area contributed by atoms with Gasteiger partial charge in [0.25, 0.3) is 0 Å². The number of aromatic nitrogens is 3. The lowest BCUT2D eigenvalue weighted by molar-refractivity contribution is 0.583. The first-order valence-electron chi connectivity index (χ1n) is 7.86. The summed E-state index contributed by atoms with van der Waals surface area (Å²) >= 11 is 0. The van der Waals surface area contributed by atoms with Crippen LogP contribution in [0.3, 0.4) is 0 Å². The Labute approximate surface area is 133 Å². The van der Waals surface area contributed by atoms with Gasteiger partial charge in [-0.1, -0.05) is 6.08 Å². The van der Waals surface area contributed by atoms with E-state index in [0.29, 0.717) is 23.4 Å². The highest BCUT2D eigenvalue weighted by Crippen LogP contribution is 2.30. The number of rotatable bonds is 3. The predicted octanol–water partition coefficient (Wildman–Crippen LogP) is 0.409. The van der Waals surface area contributed by atoms with Crippen LogP contribution >= 0.6 is 0 Å². The van der Waals surface area contributed by atoms with Crippen molar-refractivity contribution in [1.29, 1.82) is 5.26 Å². The van der Waals surface area contributed by atoms with Crippen molar-refractivity contribution in [2.24, 2.45) is 18.0 Å². The molecule has 2 aromatic heterocycles. The molecule has 0 N–H and O–H groups in total. The Morgan fingerprint density at radius 3 is 3.00 bits per heavy atom. The van der Waals surface area contributed by atoms with Gasteiger partial charge >= 0.3 is 5.69 Å².